The molecular weight excluding hydrogens is 403 g/mol. The lowest BCUT2D eigenvalue weighted by Crippen LogP contribution is -2.16. The second-order valence-corrected chi connectivity index (χ2v) is 6.29. The molecule has 0 aliphatic carbocycles. The zero-order chi connectivity index (χ0) is 22.1. The second kappa shape index (κ2) is 10.4. The lowest BCUT2D eigenvalue weighted by Gasteiger charge is -2.10. The number of carbonyl (C=O) groups excluding carboxylic acids is 3. The molecule has 9 heteroatoms. The van der Waals surface area contributed by atoms with Crippen LogP contribution in [0.4, 0.5) is 18.9 Å². The number of methoxy groups -OCH3 is 1. The molecule has 6 nitrogen and oxygen atoms in total. The van der Waals surface area contributed by atoms with E-state index in [2.05, 4.69) is 5.32 Å². The average Bonchev–Trinajstić information content (AvgIpc) is 2.71. The van der Waals surface area contributed by atoms with Crippen molar-refractivity contribution in [1.82, 2.24) is 0 Å². The van der Waals surface area contributed by atoms with Crippen LogP contribution in [0.3, 0.4) is 0 Å². The number of hydrogen-bond donors (Lipinski definition) is 1. The SMILES string of the molecule is COc1ccc(C(=O)COC(=O)CCCC(=O)Nc2cccc(C(F)(F)F)c2)cc1. The molecule has 0 atom stereocenters. The molecule has 0 aliphatic heterocycles. The summed E-state index contributed by atoms with van der Waals surface area (Å²) in [6, 6.07) is 10.6. The Kier molecular flexibility index (Phi) is 7.97. The largest absolute Gasteiger partial charge is 0.497 e. The van der Waals surface area contributed by atoms with Crippen LogP contribution >= 0.6 is 0 Å². The number of ketones is 1. The number of rotatable bonds is 9. The minimum absolute atomic E-state index is 0.0162. The van der Waals surface area contributed by atoms with Crippen molar-refractivity contribution in [2.45, 2.75) is 25.4 Å². The van der Waals surface area contributed by atoms with Crippen LogP contribution < -0.4 is 10.1 Å². The number of halogens is 3. The first kappa shape index (κ1) is 22.9. The van der Waals surface area contributed by atoms with E-state index < -0.39 is 30.2 Å². The summed E-state index contributed by atoms with van der Waals surface area (Å²) in [5, 5.41) is 2.35. The third kappa shape index (κ3) is 7.23. The van der Waals surface area contributed by atoms with E-state index in [1.54, 1.807) is 24.3 Å². The molecule has 1 N–H and O–H groups in total. The lowest BCUT2D eigenvalue weighted by atomic mass is 10.1. The van der Waals surface area contributed by atoms with E-state index in [4.69, 9.17) is 9.47 Å². The minimum atomic E-state index is -4.51. The monoisotopic (exact) mass is 423 g/mol. The normalized spacial score (nSPS) is 10.9. The zero-order valence-corrected chi connectivity index (χ0v) is 16.1. The summed E-state index contributed by atoms with van der Waals surface area (Å²) in [5.74, 6) is -0.972. The molecule has 0 aliphatic rings. The molecule has 160 valence electrons. The first-order valence-corrected chi connectivity index (χ1v) is 8.99. The van der Waals surface area contributed by atoms with E-state index in [0.29, 0.717) is 11.3 Å². The fourth-order valence-corrected chi connectivity index (χ4v) is 2.47. The summed E-state index contributed by atoms with van der Waals surface area (Å²) in [6.07, 6.45) is -4.57. The predicted octanol–water partition coefficient (Wildman–Crippen LogP) is 4.25. The van der Waals surface area contributed by atoms with Crippen LogP contribution in [-0.4, -0.2) is 31.4 Å². The fraction of sp³-hybridized carbons (Fsp3) is 0.286. The van der Waals surface area contributed by atoms with Crippen molar-refractivity contribution < 1.29 is 37.0 Å². The lowest BCUT2D eigenvalue weighted by molar-refractivity contribution is -0.142. The van der Waals surface area contributed by atoms with Gasteiger partial charge in [0.1, 0.15) is 5.75 Å². The van der Waals surface area contributed by atoms with Gasteiger partial charge < -0.3 is 14.8 Å². The molecule has 30 heavy (non-hydrogen) atoms. The van der Waals surface area contributed by atoms with Crippen LogP contribution in [0.5, 0.6) is 5.75 Å². The Hall–Kier alpha value is -3.36. The predicted molar refractivity (Wildman–Crippen MR) is 102 cm³/mol. The number of anilines is 1. The summed E-state index contributed by atoms with van der Waals surface area (Å²) in [5.41, 5.74) is -0.489. The fourth-order valence-electron chi connectivity index (χ4n) is 2.47. The number of ether oxygens (including phenoxy) is 2. The van der Waals surface area contributed by atoms with Crippen LogP contribution in [0.2, 0.25) is 0 Å². The molecule has 0 radical (unpaired) electrons. The number of carbonyl (C=O) groups is 3. The highest BCUT2D eigenvalue weighted by atomic mass is 19.4. The third-order valence-corrected chi connectivity index (χ3v) is 4.03. The Morgan fingerprint density at radius 1 is 1.00 bits per heavy atom. The standard InChI is InChI=1S/C21H20F3NO5/c1-29-17-10-8-14(9-11-17)18(26)13-30-20(28)7-3-6-19(27)25-16-5-2-4-15(12-16)21(22,23)24/h2,4-5,8-12H,3,6-7,13H2,1H3,(H,25,27). The van der Waals surface area contributed by atoms with Crippen LogP contribution in [0.15, 0.2) is 48.5 Å². The summed E-state index contributed by atoms with van der Waals surface area (Å²) in [4.78, 5) is 35.5. The molecule has 0 saturated carbocycles. The maximum atomic E-state index is 12.7. The molecule has 0 fully saturated rings. The van der Waals surface area contributed by atoms with E-state index in [1.807, 2.05) is 0 Å². The number of hydrogen-bond acceptors (Lipinski definition) is 5. The molecule has 0 bridgehead atoms. The molecule has 0 unspecified atom stereocenters. The minimum Gasteiger partial charge on any atom is -0.497 e. The van der Waals surface area contributed by atoms with E-state index in [0.717, 1.165) is 12.1 Å². The summed E-state index contributed by atoms with van der Waals surface area (Å²) in [7, 11) is 1.50. The van der Waals surface area contributed by atoms with Crippen molar-refractivity contribution in [2.24, 2.45) is 0 Å². The van der Waals surface area contributed by atoms with Gasteiger partial charge in [-0.15, -0.1) is 0 Å². The molecule has 0 spiro atoms. The Balaban J connectivity index is 1.71. The van der Waals surface area contributed by atoms with Crippen molar-refractivity contribution in [3.8, 4) is 5.75 Å². The van der Waals surface area contributed by atoms with Crippen LogP contribution in [0, 0.1) is 0 Å². The number of amides is 1. The van der Waals surface area contributed by atoms with Crippen LogP contribution in [-0.2, 0) is 20.5 Å². The van der Waals surface area contributed by atoms with Gasteiger partial charge in [-0.1, -0.05) is 6.07 Å². The first-order valence-electron chi connectivity index (χ1n) is 8.99. The van der Waals surface area contributed by atoms with E-state index in [-0.39, 0.29) is 30.7 Å². The van der Waals surface area contributed by atoms with Gasteiger partial charge in [0.05, 0.1) is 12.7 Å². The molecule has 0 saturated heterocycles. The van der Waals surface area contributed by atoms with Gasteiger partial charge in [-0.3, -0.25) is 14.4 Å². The quantitative estimate of drug-likeness (QED) is 0.482. The number of esters is 1. The van der Waals surface area contributed by atoms with Crippen molar-refractivity contribution >= 4 is 23.3 Å². The number of Topliss-reactive ketones (excluding diaryl/α,β-unsaturated/α-hetero) is 1. The molecule has 1 amide bonds. The van der Waals surface area contributed by atoms with Gasteiger partial charge in [0.25, 0.3) is 0 Å². The highest BCUT2D eigenvalue weighted by molar-refractivity contribution is 5.98. The van der Waals surface area contributed by atoms with Crippen LogP contribution in [0.1, 0.15) is 35.2 Å². The van der Waals surface area contributed by atoms with Crippen molar-refractivity contribution in [3.63, 3.8) is 0 Å². The Bertz CT molecular complexity index is 894. The van der Waals surface area contributed by atoms with Crippen molar-refractivity contribution in [1.29, 1.82) is 0 Å². The zero-order valence-electron chi connectivity index (χ0n) is 16.1. The van der Waals surface area contributed by atoms with Gasteiger partial charge in [0, 0.05) is 24.1 Å². The molecule has 0 heterocycles. The molecule has 2 aromatic carbocycles. The number of nitrogens with one attached hydrogen (secondary N) is 1. The van der Waals surface area contributed by atoms with E-state index in [9.17, 15) is 27.6 Å². The molecular formula is C21H20F3NO5. The Morgan fingerprint density at radius 2 is 1.70 bits per heavy atom. The molecule has 2 aromatic rings. The highest BCUT2D eigenvalue weighted by Gasteiger charge is 2.30. The summed E-state index contributed by atoms with van der Waals surface area (Å²) in [6.45, 7) is -0.429. The topological polar surface area (TPSA) is 81.7 Å². The number of benzene rings is 2. The van der Waals surface area contributed by atoms with Gasteiger partial charge in [0.15, 0.2) is 12.4 Å². The summed E-state index contributed by atoms with van der Waals surface area (Å²) >= 11 is 0. The van der Waals surface area contributed by atoms with Gasteiger partial charge >= 0.3 is 12.1 Å². The molecule has 2 rings (SSSR count). The van der Waals surface area contributed by atoms with Gasteiger partial charge in [-0.25, -0.2) is 0 Å². The van der Waals surface area contributed by atoms with Gasteiger partial charge in [0.2, 0.25) is 5.91 Å². The molecule has 0 aromatic heterocycles. The number of alkyl halides is 3. The average molecular weight is 423 g/mol. The van der Waals surface area contributed by atoms with Crippen molar-refractivity contribution in [2.75, 3.05) is 19.0 Å². The van der Waals surface area contributed by atoms with Gasteiger partial charge in [-0.2, -0.15) is 13.2 Å². The Labute approximate surface area is 171 Å². The second-order valence-electron chi connectivity index (χ2n) is 6.29. The van der Waals surface area contributed by atoms with Crippen molar-refractivity contribution in [3.05, 3.63) is 59.7 Å². The smallest absolute Gasteiger partial charge is 0.416 e. The van der Waals surface area contributed by atoms with Crippen LogP contribution in [0.25, 0.3) is 0 Å². The first-order chi connectivity index (χ1) is 14.2. The van der Waals surface area contributed by atoms with E-state index in [1.165, 1.54) is 19.2 Å². The van der Waals surface area contributed by atoms with E-state index >= 15 is 0 Å². The van der Waals surface area contributed by atoms with Gasteiger partial charge in [-0.05, 0) is 48.9 Å². The third-order valence-electron chi connectivity index (χ3n) is 4.03. The highest BCUT2D eigenvalue weighted by Crippen LogP contribution is 2.30. The maximum absolute atomic E-state index is 12.7. The Morgan fingerprint density at radius 3 is 2.33 bits per heavy atom. The maximum Gasteiger partial charge on any atom is 0.416 e. The summed E-state index contributed by atoms with van der Waals surface area (Å²) < 4.78 is 47.9.